The molecule has 2 rings (SSSR count). The molecule has 4 nitrogen and oxygen atoms in total. The smallest absolute Gasteiger partial charge is 0.225 e. The molecule has 0 spiro atoms. The van der Waals surface area contributed by atoms with Gasteiger partial charge in [-0.3, -0.25) is 0 Å². The van der Waals surface area contributed by atoms with Crippen LogP contribution in [0.5, 0.6) is 0 Å². The van der Waals surface area contributed by atoms with E-state index in [0.29, 0.717) is 0 Å². The van der Waals surface area contributed by atoms with E-state index in [-0.39, 0.29) is 0 Å². The summed E-state index contributed by atoms with van der Waals surface area (Å²) in [6.07, 6.45) is 3.69. The summed E-state index contributed by atoms with van der Waals surface area (Å²) in [5.74, 6) is 0.717. The van der Waals surface area contributed by atoms with Crippen LogP contribution in [0.1, 0.15) is 11.1 Å². The molecular formula is C14H17ClN4. The zero-order chi connectivity index (χ0) is 13.7. The predicted molar refractivity (Wildman–Crippen MR) is 78.4 cm³/mol. The van der Waals surface area contributed by atoms with Crippen molar-refractivity contribution in [1.29, 1.82) is 0 Å². The number of nitrogens with one attached hydrogen (secondary N) is 1. The lowest BCUT2D eigenvalue weighted by Gasteiger charge is -2.17. The Labute approximate surface area is 118 Å². The van der Waals surface area contributed by atoms with Gasteiger partial charge in [-0.05, 0) is 24.7 Å². The van der Waals surface area contributed by atoms with Gasteiger partial charge in [0.15, 0.2) is 0 Å². The van der Waals surface area contributed by atoms with Crippen LogP contribution < -0.4 is 10.2 Å². The third-order valence-corrected chi connectivity index (χ3v) is 3.00. The Kier molecular flexibility index (Phi) is 4.71. The fourth-order valence-electron chi connectivity index (χ4n) is 1.77. The Balaban J connectivity index is 2.02. The van der Waals surface area contributed by atoms with E-state index in [2.05, 4.69) is 15.3 Å². The first kappa shape index (κ1) is 13.8. The number of aromatic nitrogens is 2. The van der Waals surface area contributed by atoms with Crippen LogP contribution in [0.3, 0.4) is 0 Å². The summed E-state index contributed by atoms with van der Waals surface area (Å²) in [6.45, 7) is 1.53. The van der Waals surface area contributed by atoms with Crippen LogP contribution >= 0.6 is 11.6 Å². The molecule has 0 unspecified atom stereocenters. The van der Waals surface area contributed by atoms with Gasteiger partial charge >= 0.3 is 0 Å². The fraction of sp³-hybridized carbons (Fsp3) is 0.286. The highest BCUT2D eigenvalue weighted by molar-refractivity contribution is 6.30. The number of hydrogen-bond acceptors (Lipinski definition) is 4. The van der Waals surface area contributed by atoms with Gasteiger partial charge in [-0.2, -0.15) is 0 Å². The van der Waals surface area contributed by atoms with Crippen LogP contribution in [0, 0.1) is 0 Å². The molecule has 0 fully saturated rings. The molecule has 100 valence electrons. The van der Waals surface area contributed by atoms with Gasteiger partial charge in [0.2, 0.25) is 5.95 Å². The van der Waals surface area contributed by atoms with Crippen LogP contribution in [0.15, 0.2) is 36.7 Å². The van der Waals surface area contributed by atoms with E-state index in [9.17, 15) is 0 Å². The number of hydrogen-bond donors (Lipinski definition) is 1. The van der Waals surface area contributed by atoms with Crippen molar-refractivity contribution < 1.29 is 0 Å². The molecule has 0 aliphatic rings. The van der Waals surface area contributed by atoms with Crippen molar-refractivity contribution in [3.8, 4) is 0 Å². The highest BCUT2D eigenvalue weighted by Crippen LogP contribution is 2.13. The lowest BCUT2D eigenvalue weighted by molar-refractivity contribution is 0.797. The summed E-state index contributed by atoms with van der Waals surface area (Å²) in [5, 5.41) is 3.82. The van der Waals surface area contributed by atoms with Crippen LogP contribution in [0.4, 0.5) is 5.95 Å². The number of nitrogens with zero attached hydrogens (tertiary/aromatic N) is 3. The molecule has 0 atom stereocenters. The number of benzene rings is 1. The Morgan fingerprint density at radius 1 is 1.11 bits per heavy atom. The molecule has 19 heavy (non-hydrogen) atoms. The second-order valence-corrected chi connectivity index (χ2v) is 4.84. The van der Waals surface area contributed by atoms with E-state index in [1.165, 1.54) is 5.56 Å². The zero-order valence-corrected chi connectivity index (χ0v) is 11.9. The first-order valence-corrected chi connectivity index (χ1v) is 6.48. The monoisotopic (exact) mass is 276 g/mol. The third-order valence-electron chi connectivity index (χ3n) is 2.75. The lowest BCUT2D eigenvalue weighted by Crippen LogP contribution is -2.19. The van der Waals surface area contributed by atoms with Crippen molar-refractivity contribution in [3.05, 3.63) is 52.8 Å². The average molecular weight is 277 g/mol. The minimum atomic E-state index is 0.717. The molecule has 0 radical (unpaired) electrons. The van der Waals surface area contributed by atoms with Crippen molar-refractivity contribution in [1.82, 2.24) is 15.3 Å². The van der Waals surface area contributed by atoms with Crippen LogP contribution in [-0.2, 0) is 13.1 Å². The summed E-state index contributed by atoms with van der Waals surface area (Å²) in [6, 6.07) is 7.80. The molecule has 0 bridgehead atoms. The molecule has 1 aromatic carbocycles. The minimum Gasteiger partial charge on any atom is -0.340 e. The van der Waals surface area contributed by atoms with Crippen molar-refractivity contribution >= 4 is 17.5 Å². The van der Waals surface area contributed by atoms with Crippen LogP contribution in [0.25, 0.3) is 0 Å². The zero-order valence-electron chi connectivity index (χ0n) is 11.1. The summed E-state index contributed by atoms with van der Waals surface area (Å²) in [4.78, 5) is 10.7. The molecule has 0 aliphatic heterocycles. The maximum Gasteiger partial charge on any atom is 0.225 e. The van der Waals surface area contributed by atoms with Crippen molar-refractivity contribution in [2.45, 2.75) is 13.1 Å². The summed E-state index contributed by atoms with van der Waals surface area (Å²) < 4.78 is 0. The molecule has 0 saturated carbocycles. The summed E-state index contributed by atoms with van der Waals surface area (Å²) >= 11 is 5.87. The fourth-order valence-corrected chi connectivity index (χ4v) is 1.90. The average Bonchev–Trinajstić information content (AvgIpc) is 2.42. The van der Waals surface area contributed by atoms with Crippen molar-refractivity contribution in [2.75, 3.05) is 19.0 Å². The molecule has 1 N–H and O–H groups in total. The Hall–Kier alpha value is -1.65. The Bertz CT molecular complexity index is 510. The molecule has 0 aliphatic carbocycles. The standard InChI is InChI=1S/C14H17ClN4/c1-16-7-12-8-17-14(18-9-12)19(2)10-11-3-5-13(15)6-4-11/h3-6,8-9,16H,7,10H2,1-2H3. The second-order valence-electron chi connectivity index (χ2n) is 4.40. The second kappa shape index (κ2) is 6.50. The molecule has 2 aromatic rings. The topological polar surface area (TPSA) is 41.1 Å². The van der Waals surface area contributed by atoms with Gasteiger partial charge in [0.25, 0.3) is 0 Å². The SMILES string of the molecule is CNCc1cnc(N(C)Cc2ccc(Cl)cc2)nc1. The largest absolute Gasteiger partial charge is 0.340 e. The van der Waals surface area contributed by atoms with E-state index in [1.54, 1.807) is 0 Å². The maximum atomic E-state index is 5.87. The van der Waals surface area contributed by atoms with Crippen LogP contribution in [0.2, 0.25) is 5.02 Å². The normalized spacial score (nSPS) is 10.5. The lowest BCUT2D eigenvalue weighted by atomic mass is 10.2. The van der Waals surface area contributed by atoms with E-state index in [1.807, 2.05) is 55.7 Å². The minimum absolute atomic E-state index is 0.717. The van der Waals surface area contributed by atoms with E-state index < -0.39 is 0 Å². The van der Waals surface area contributed by atoms with Gasteiger partial charge in [-0.15, -0.1) is 0 Å². The molecule has 0 amide bonds. The maximum absolute atomic E-state index is 5.87. The third kappa shape index (κ3) is 3.91. The predicted octanol–water partition coefficient (Wildman–Crippen LogP) is 2.49. The van der Waals surface area contributed by atoms with E-state index in [4.69, 9.17) is 11.6 Å². The first-order chi connectivity index (χ1) is 9.19. The van der Waals surface area contributed by atoms with Gasteiger partial charge in [0.05, 0.1) is 0 Å². The number of halogens is 1. The van der Waals surface area contributed by atoms with E-state index in [0.717, 1.165) is 29.6 Å². The quantitative estimate of drug-likeness (QED) is 0.911. The first-order valence-electron chi connectivity index (χ1n) is 6.10. The number of anilines is 1. The molecule has 0 saturated heterocycles. The molecule has 1 aromatic heterocycles. The summed E-state index contributed by atoms with van der Waals surface area (Å²) in [7, 11) is 3.88. The Morgan fingerprint density at radius 2 is 1.74 bits per heavy atom. The Morgan fingerprint density at radius 3 is 2.32 bits per heavy atom. The van der Waals surface area contributed by atoms with Gasteiger partial charge in [-0.25, -0.2) is 9.97 Å². The van der Waals surface area contributed by atoms with Gasteiger partial charge < -0.3 is 10.2 Å². The van der Waals surface area contributed by atoms with Gasteiger partial charge in [0.1, 0.15) is 0 Å². The number of rotatable bonds is 5. The van der Waals surface area contributed by atoms with E-state index >= 15 is 0 Å². The van der Waals surface area contributed by atoms with Gasteiger partial charge in [0, 0.05) is 43.1 Å². The molecule has 5 heteroatoms. The molecule has 1 heterocycles. The highest BCUT2D eigenvalue weighted by atomic mass is 35.5. The van der Waals surface area contributed by atoms with Crippen molar-refractivity contribution in [2.24, 2.45) is 0 Å². The highest BCUT2D eigenvalue weighted by Gasteiger charge is 2.05. The van der Waals surface area contributed by atoms with Crippen LogP contribution in [-0.4, -0.2) is 24.1 Å². The van der Waals surface area contributed by atoms with Crippen molar-refractivity contribution in [3.63, 3.8) is 0 Å². The molecular weight excluding hydrogens is 260 g/mol. The van der Waals surface area contributed by atoms with Gasteiger partial charge in [-0.1, -0.05) is 23.7 Å². The summed E-state index contributed by atoms with van der Waals surface area (Å²) in [5.41, 5.74) is 2.25.